The first-order valence-electron chi connectivity index (χ1n) is 21.8. The average Bonchev–Trinajstić information content (AvgIpc) is 3.75. The Bertz CT molecular complexity index is 2270. The molecule has 0 radical (unpaired) electrons. The second-order valence-corrected chi connectivity index (χ2v) is 18.7. The number of methoxy groups -OCH3 is 2. The number of carbonyl (C=O) groups excluding carboxylic acids is 4. The Morgan fingerprint density at radius 1 is 0.677 bits per heavy atom. The number of H-pyrrole nitrogens is 2. The van der Waals surface area contributed by atoms with Crippen molar-refractivity contribution in [3.63, 3.8) is 0 Å². The highest BCUT2D eigenvalue weighted by atomic mass is 16.5. The summed E-state index contributed by atoms with van der Waals surface area (Å²) in [6.45, 7) is 12.7. The van der Waals surface area contributed by atoms with Crippen molar-refractivity contribution in [2.45, 2.75) is 104 Å². The number of benzene rings is 2. The van der Waals surface area contributed by atoms with Crippen molar-refractivity contribution in [1.82, 2.24) is 40.4 Å². The summed E-state index contributed by atoms with van der Waals surface area (Å²) in [5, 5.41) is 5.52. The van der Waals surface area contributed by atoms with Crippen molar-refractivity contribution < 1.29 is 38.1 Å². The van der Waals surface area contributed by atoms with E-state index in [1.807, 2.05) is 62.0 Å². The van der Waals surface area contributed by atoms with Gasteiger partial charge in [0, 0.05) is 45.5 Å². The number of alkyl carbamates (subject to hydrolysis) is 2. The number of amides is 4. The van der Waals surface area contributed by atoms with Gasteiger partial charge >= 0.3 is 12.2 Å². The molecular formula is C46H54N8O8. The number of ether oxygens (including phenoxy) is 4. The van der Waals surface area contributed by atoms with E-state index in [0.717, 1.165) is 69.1 Å². The molecule has 0 spiro atoms. The molecule has 2 aromatic heterocycles. The van der Waals surface area contributed by atoms with Gasteiger partial charge in [0.2, 0.25) is 11.8 Å². The van der Waals surface area contributed by atoms with E-state index in [2.05, 4.69) is 46.6 Å². The second-order valence-electron chi connectivity index (χ2n) is 18.7. The Morgan fingerprint density at radius 2 is 1.08 bits per heavy atom. The number of imidazole rings is 2. The van der Waals surface area contributed by atoms with Gasteiger partial charge in [0.25, 0.3) is 0 Å². The molecule has 10 atom stereocenters. The molecule has 2 aliphatic carbocycles. The Balaban J connectivity index is 0.895. The van der Waals surface area contributed by atoms with Gasteiger partial charge in [0.1, 0.15) is 48.4 Å². The molecule has 0 bridgehead atoms. The molecule has 4 aromatic rings. The molecule has 5 unspecified atom stereocenters. The lowest BCUT2D eigenvalue weighted by Crippen LogP contribution is -2.52. The first-order chi connectivity index (χ1) is 29.8. The maximum Gasteiger partial charge on any atom is 0.407 e. The number of piperidine rings is 2. The van der Waals surface area contributed by atoms with Gasteiger partial charge in [-0.15, -0.1) is 0 Å². The molecule has 4 aliphatic heterocycles. The minimum absolute atomic E-state index is 0.106. The van der Waals surface area contributed by atoms with Crippen molar-refractivity contribution in [1.29, 1.82) is 0 Å². The zero-order valence-corrected chi connectivity index (χ0v) is 36.3. The Labute approximate surface area is 359 Å². The lowest BCUT2D eigenvalue weighted by molar-refractivity contribution is -0.137. The maximum atomic E-state index is 14.1. The molecule has 4 N–H and O–H groups in total. The second kappa shape index (κ2) is 14.8. The van der Waals surface area contributed by atoms with Crippen LogP contribution in [0.15, 0.2) is 36.7 Å². The third-order valence-electron chi connectivity index (χ3n) is 14.4. The van der Waals surface area contributed by atoms with Gasteiger partial charge in [-0.3, -0.25) is 9.59 Å². The Morgan fingerprint density at radius 3 is 1.45 bits per heavy atom. The zero-order chi connectivity index (χ0) is 43.5. The van der Waals surface area contributed by atoms with Crippen LogP contribution >= 0.6 is 0 Å². The van der Waals surface area contributed by atoms with Crippen LogP contribution in [0.4, 0.5) is 9.59 Å². The van der Waals surface area contributed by atoms with E-state index < -0.39 is 24.3 Å². The maximum absolute atomic E-state index is 14.1. The fraction of sp³-hybridized carbons (Fsp3) is 0.522. The number of hydrogen-bond acceptors (Lipinski definition) is 10. The Hall–Kier alpha value is -6.06. The predicted octanol–water partition coefficient (Wildman–Crippen LogP) is 6.50. The first-order valence-corrected chi connectivity index (χ1v) is 21.8. The first kappa shape index (κ1) is 40.0. The van der Waals surface area contributed by atoms with E-state index >= 15 is 0 Å². The van der Waals surface area contributed by atoms with Crippen molar-refractivity contribution >= 4 is 24.0 Å². The van der Waals surface area contributed by atoms with Crippen molar-refractivity contribution in [3.05, 3.63) is 59.4 Å². The summed E-state index contributed by atoms with van der Waals surface area (Å²) in [5.41, 5.74) is 7.47. The van der Waals surface area contributed by atoms with Gasteiger partial charge in [0.05, 0.1) is 50.1 Å². The number of carbonyl (C=O) groups is 4. The van der Waals surface area contributed by atoms with Crippen LogP contribution in [0, 0.1) is 35.5 Å². The van der Waals surface area contributed by atoms with Gasteiger partial charge in [-0.05, 0) is 72.6 Å². The number of nitrogens with one attached hydrogen (secondary N) is 4. The standard InChI is InChI=1S/C46H54N8O8/c1-19(2)37(51-45(57)59-7)43(55)53-31(13-27-21(5)39(27)53)41-47-15-29(49-41)23-9-25-17-62-34-12-24(10-26-18-61-33(11-23)35(25)36(26)34)30-16-48-42(50-30)32-14-28-22(6)40(28)54(32)44(56)38(20(3)4)52-46(58)60-8/h9-12,15-16,19-22,27-28,31-32,37-40H,13-14,17-18H2,1-8H3,(H,47,49)(H,48,50)(H,51,57)(H,52,58)/t21-,22-,27?,28?,31+,32+,37+,38?,39?,40?/m1/s1. The third-order valence-corrected chi connectivity index (χ3v) is 14.4. The molecule has 62 heavy (non-hydrogen) atoms. The van der Waals surface area contributed by atoms with Crippen molar-refractivity contribution in [3.8, 4) is 45.1 Å². The summed E-state index contributed by atoms with van der Waals surface area (Å²) in [7, 11) is 2.60. The van der Waals surface area contributed by atoms with Gasteiger partial charge in [0.15, 0.2) is 0 Å². The summed E-state index contributed by atoms with van der Waals surface area (Å²) in [6.07, 6.45) is 3.98. The summed E-state index contributed by atoms with van der Waals surface area (Å²) in [4.78, 5) is 73.1. The zero-order valence-electron chi connectivity index (χ0n) is 36.3. The summed E-state index contributed by atoms with van der Waals surface area (Å²) >= 11 is 0. The molecule has 4 amide bonds. The van der Waals surface area contributed by atoms with Crippen LogP contribution in [0.1, 0.15) is 89.2 Å². The minimum Gasteiger partial charge on any atom is -0.488 e. The molecule has 2 saturated carbocycles. The van der Waals surface area contributed by atoms with Gasteiger partial charge in [-0.25, -0.2) is 19.6 Å². The predicted molar refractivity (Wildman–Crippen MR) is 225 cm³/mol. The van der Waals surface area contributed by atoms with Crippen LogP contribution in [0.25, 0.3) is 33.6 Å². The van der Waals surface area contributed by atoms with Gasteiger partial charge < -0.3 is 49.3 Å². The molecule has 2 saturated heterocycles. The highest BCUT2D eigenvalue weighted by Gasteiger charge is 2.63. The lowest BCUT2D eigenvalue weighted by atomic mass is 9.87. The van der Waals surface area contributed by atoms with Gasteiger partial charge in [-0.2, -0.15) is 0 Å². The van der Waals surface area contributed by atoms with E-state index in [-0.39, 0.29) is 47.8 Å². The SMILES string of the molecule is COC(=O)NC(C(=O)N1C2C(C[C@H]1c1ncc(-c3cc4c5c(c3)OCc3cc(-c6cnc([C@@H]7CC8C([C@@H]8C)N7C(=O)[C@@H](NC(=O)OC)C(C)C)[nH]6)cc(c3-5)OC4)[nH]1)[C@H]2C)C(C)C. The van der Waals surface area contributed by atoms with Crippen LogP contribution < -0.4 is 20.1 Å². The monoisotopic (exact) mass is 846 g/mol. The number of hydrogen-bond donors (Lipinski definition) is 4. The molecular weight excluding hydrogens is 793 g/mol. The number of aromatic nitrogens is 4. The number of fused-ring (bicyclic) bond motifs is 2. The number of likely N-dealkylation sites (tertiary alicyclic amines) is 2. The van der Waals surface area contributed by atoms with E-state index in [9.17, 15) is 19.2 Å². The molecule has 326 valence electrons. The summed E-state index contributed by atoms with van der Waals surface area (Å²) < 4.78 is 22.6. The quantitative estimate of drug-likeness (QED) is 0.137. The van der Waals surface area contributed by atoms with Gasteiger partial charge in [-0.1, -0.05) is 41.5 Å². The van der Waals surface area contributed by atoms with E-state index in [0.29, 0.717) is 48.5 Å². The fourth-order valence-electron chi connectivity index (χ4n) is 10.9. The van der Waals surface area contributed by atoms with E-state index in [1.165, 1.54) is 14.2 Å². The van der Waals surface area contributed by atoms with Crippen LogP contribution in [-0.4, -0.2) is 92.1 Å². The highest BCUT2D eigenvalue weighted by Crippen LogP contribution is 2.59. The fourth-order valence-corrected chi connectivity index (χ4v) is 10.9. The van der Waals surface area contributed by atoms with Crippen LogP contribution in [0.2, 0.25) is 0 Å². The van der Waals surface area contributed by atoms with Crippen LogP contribution in [-0.2, 0) is 32.3 Å². The molecule has 16 nitrogen and oxygen atoms in total. The molecule has 6 heterocycles. The molecule has 10 rings (SSSR count). The Kier molecular flexibility index (Phi) is 9.55. The summed E-state index contributed by atoms with van der Waals surface area (Å²) in [5.74, 6) is 4.01. The average molecular weight is 847 g/mol. The van der Waals surface area contributed by atoms with Crippen molar-refractivity contribution in [2.24, 2.45) is 35.5 Å². The third kappa shape index (κ3) is 6.38. The summed E-state index contributed by atoms with van der Waals surface area (Å²) in [6, 6.07) is 6.61. The molecule has 16 heteroatoms. The largest absolute Gasteiger partial charge is 0.488 e. The lowest BCUT2D eigenvalue weighted by Gasteiger charge is -2.32. The number of rotatable bonds is 10. The van der Waals surface area contributed by atoms with E-state index in [4.69, 9.17) is 28.9 Å². The van der Waals surface area contributed by atoms with Crippen molar-refractivity contribution in [2.75, 3.05) is 14.2 Å². The molecule has 4 fully saturated rings. The van der Waals surface area contributed by atoms with Crippen LogP contribution in [0.5, 0.6) is 11.5 Å². The van der Waals surface area contributed by atoms with E-state index in [1.54, 1.807) is 0 Å². The number of nitrogens with zero attached hydrogens (tertiary/aromatic N) is 4. The normalized spacial score (nSPS) is 26.7. The molecule has 2 aromatic carbocycles. The topological polar surface area (TPSA) is 193 Å². The number of aromatic amines is 2. The minimum atomic E-state index is -0.714. The van der Waals surface area contributed by atoms with Crippen LogP contribution in [0.3, 0.4) is 0 Å². The smallest absolute Gasteiger partial charge is 0.407 e. The highest BCUT2D eigenvalue weighted by molar-refractivity contribution is 5.90. The molecule has 6 aliphatic rings.